The topological polar surface area (TPSA) is 0 Å². The van der Waals surface area contributed by atoms with Gasteiger partial charge >= 0.3 is 37.9 Å². The van der Waals surface area contributed by atoms with Crippen LogP contribution in [0.1, 0.15) is 75.6 Å². The van der Waals surface area contributed by atoms with E-state index >= 15 is 0 Å². The normalized spacial score (nSPS) is 10.5. The predicted molar refractivity (Wildman–Crippen MR) is 206 cm³/mol. The molecule has 0 atom stereocenters. The van der Waals surface area contributed by atoms with Gasteiger partial charge in [-0.2, -0.15) is 12.1 Å². The third-order valence-electron chi connectivity index (χ3n) is 8.15. The molecular formula is C42H48Cl2SiZr. The summed E-state index contributed by atoms with van der Waals surface area (Å²) in [5.41, 5.74) is 11.2. The van der Waals surface area contributed by atoms with Crippen LogP contribution in [0.5, 0.6) is 0 Å². The average Bonchev–Trinajstić information content (AvgIpc) is 3.69. The zero-order chi connectivity index (χ0) is 33.6. The van der Waals surface area contributed by atoms with Gasteiger partial charge in [0.1, 0.15) is 0 Å². The summed E-state index contributed by atoms with van der Waals surface area (Å²) in [5.74, 6) is 1.07. The zero-order valence-corrected chi connectivity index (χ0v) is 33.7. The van der Waals surface area contributed by atoms with Crippen LogP contribution in [0.4, 0.5) is 0 Å². The molecule has 0 amide bonds. The van der Waals surface area contributed by atoms with Gasteiger partial charge in [0.05, 0.1) is 0 Å². The van der Waals surface area contributed by atoms with Crippen LogP contribution in [0, 0.1) is 0 Å². The Bertz CT molecular complexity index is 1620. The molecule has 2 radical (unpaired) electrons. The Kier molecular flexibility index (Phi) is 16.3. The molecule has 4 heteroatoms. The summed E-state index contributed by atoms with van der Waals surface area (Å²) in [7, 11) is 11.0. The second-order valence-corrected chi connectivity index (χ2v) is 16.8. The van der Waals surface area contributed by atoms with Crippen molar-refractivity contribution in [3.8, 4) is 22.3 Å². The van der Waals surface area contributed by atoms with Crippen LogP contribution >= 0.6 is 17.0 Å². The molecule has 0 saturated carbocycles. The second-order valence-electron chi connectivity index (χ2n) is 12.1. The third-order valence-corrected chi connectivity index (χ3v) is 8.15. The van der Waals surface area contributed by atoms with Crippen molar-refractivity contribution in [2.75, 3.05) is 0 Å². The van der Waals surface area contributed by atoms with Crippen molar-refractivity contribution in [3.63, 3.8) is 0 Å². The van der Waals surface area contributed by atoms with Crippen LogP contribution < -0.4 is 0 Å². The number of hydrogen-bond donors (Lipinski definition) is 0. The van der Waals surface area contributed by atoms with Gasteiger partial charge in [-0.15, -0.1) is 69.1 Å². The molecule has 6 aromatic rings. The summed E-state index contributed by atoms with van der Waals surface area (Å²) in [6.07, 6.45) is 2.19. The van der Waals surface area contributed by atoms with Gasteiger partial charge in [-0.1, -0.05) is 138 Å². The van der Waals surface area contributed by atoms with Gasteiger partial charge in [-0.25, -0.2) is 0 Å². The van der Waals surface area contributed by atoms with Crippen LogP contribution in [0.2, 0.25) is 13.1 Å². The number of fused-ring (bicyclic) bond motifs is 2. The first kappa shape index (κ1) is 38.2. The van der Waals surface area contributed by atoms with E-state index in [1.165, 1.54) is 66.1 Å². The molecule has 238 valence electrons. The van der Waals surface area contributed by atoms with Crippen molar-refractivity contribution in [1.29, 1.82) is 0 Å². The predicted octanol–water partition coefficient (Wildman–Crippen LogP) is 14.0. The second kappa shape index (κ2) is 19.6. The van der Waals surface area contributed by atoms with E-state index < -0.39 is 20.8 Å². The van der Waals surface area contributed by atoms with Crippen LogP contribution in [0.3, 0.4) is 0 Å². The fourth-order valence-corrected chi connectivity index (χ4v) is 5.95. The minimum atomic E-state index is -0.826. The Balaban J connectivity index is 0.000000214. The van der Waals surface area contributed by atoms with Crippen molar-refractivity contribution in [2.24, 2.45) is 0 Å². The van der Waals surface area contributed by atoms with Crippen LogP contribution in [-0.4, -0.2) is 9.52 Å². The Labute approximate surface area is 299 Å². The molecule has 0 heterocycles. The maximum absolute atomic E-state index is 4.93. The zero-order valence-electron chi connectivity index (χ0n) is 28.7. The van der Waals surface area contributed by atoms with E-state index in [1.807, 2.05) is 0 Å². The van der Waals surface area contributed by atoms with Gasteiger partial charge in [-0.05, 0) is 35.8 Å². The summed E-state index contributed by atoms with van der Waals surface area (Å²) in [5, 5.41) is 5.54. The van der Waals surface area contributed by atoms with Crippen molar-refractivity contribution >= 4 is 48.1 Å². The average molecular weight is 743 g/mol. The molecule has 0 fully saturated rings. The molecule has 0 nitrogen and oxygen atoms in total. The summed E-state index contributed by atoms with van der Waals surface area (Å²) >= 11 is -0.826. The van der Waals surface area contributed by atoms with Gasteiger partial charge in [0.25, 0.3) is 0 Å². The van der Waals surface area contributed by atoms with E-state index in [0.29, 0.717) is 11.8 Å². The van der Waals surface area contributed by atoms with Gasteiger partial charge < -0.3 is 0 Å². The van der Waals surface area contributed by atoms with E-state index in [0.717, 1.165) is 22.4 Å². The molecule has 0 saturated heterocycles. The Morgan fingerprint density at radius 3 is 1.20 bits per heavy atom. The first-order valence-electron chi connectivity index (χ1n) is 16.3. The number of aryl methyl sites for hydroxylation is 2. The number of rotatable bonds is 6. The Morgan fingerprint density at radius 1 is 0.587 bits per heavy atom. The Hall–Kier alpha value is -2.22. The van der Waals surface area contributed by atoms with Gasteiger partial charge in [0.15, 0.2) is 0 Å². The molecule has 6 rings (SSSR count). The fraction of sp³-hybridized carbons (Fsp3) is 0.286. The van der Waals surface area contributed by atoms with Gasteiger partial charge in [0, 0.05) is 9.52 Å². The summed E-state index contributed by atoms with van der Waals surface area (Å²) < 4.78 is 0. The summed E-state index contributed by atoms with van der Waals surface area (Å²) in [6.45, 7) is 17.8. The van der Waals surface area contributed by atoms with Gasteiger partial charge in [-0.3, -0.25) is 0 Å². The summed E-state index contributed by atoms with van der Waals surface area (Å²) in [4.78, 5) is 0. The van der Waals surface area contributed by atoms with E-state index in [-0.39, 0.29) is 0 Å². The number of benzene rings is 4. The molecule has 0 aliphatic heterocycles. The fourth-order valence-electron chi connectivity index (χ4n) is 5.95. The molecule has 6 aromatic carbocycles. The Morgan fingerprint density at radius 2 is 0.913 bits per heavy atom. The number of hydrogen-bond acceptors (Lipinski definition) is 0. The van der Waals surface area contributed by atoms with E-state index in [2.05, 4.69) is 164 Å². The van der Waals surface area contributed by atoms with Crippen molar-refractivity contribution in [1.82, 2.24) is 0 Å². The molecule has 0 spiro atoms. The molecule has 46 heavy (non-hydrogen) atoms. The standard InChI is InChI=1S/2C20H21.C2H6Si.2ClH.Zr/c2*1-4-15-12-17-10-11-18(14(2)3)20(19(17)13-15)16-8-6-5-7-9-16;1-3-2;;;/h2*5-14H,4H2,1-3H3;1-2H3;2*1H;/q2*-1;;;;+4/p-2. The molecule has 0 N–H and O–H groups in total. The van der Waals surface area contributed by atoms with Crippen molar-refractivity contribution < 1.29 is 20.8 Å². The SMILES string of the molecule is CCc1cc2c(-c3ccccc3)c(C(C)C)ccc2[cH-]1.CCc1cc2c(-c3ccccc3)c(C(C)C)ccc2[cH-]1.C[Si]C.[Cl][Zr+2][Cl]. The first-order valence-corrected chi connectivity index (χ1v) is 24.7. The van der Waals surface area contributed by atoms with E-state index in [1.54, 1.807) is 0 Å². The quantitative estimate of drug-likeness (QED) is 0.118. The van der Waals surface area contributed by atoms with E-state index in [9.17, 15) is 0 Å². The molecular weight excluding hydrogens is 695 g/mol. The van der Waals surface area contributed by atoms with E-state index in [4.69, 9.17) is 17.0 Å². The molecule has 0 aliphatic carbocycles. The summed E-state index contributed by atoms with van der Waals surface area (Å²) in [6, 6.07) is 40.1. The van der Waals surface area contributed by atoms with Crippen LogP contribution in [0.25, 0.3) is 43.8 Å². The molecule has 0 unspecified atom stereocenters. The maximum atomic E-state index is 4.93. The third kappa shape index (κ3) is 9.90. The van der Waals surface area contributed by atoms with Crippen molar-refractivity contribution in [2.45, 2.75) is 79.3 Å². The molecule has 0 bridgehead atoms. The van der Waals surface area contributed by atoms with Crippen LogP contribution in [0.15, 0.2) is 109 Å². The number of halogens is 2. The molecule has 0 aliphatic rings. The van der Waals surface area contributed by atoms with Gasteiger partial charge in [0.2, 0.25) is 0 Å². The van der Waals surface area contributed by atoms with Crippen LogP contribution in [-0.2, 0) is 33.7 Å². The molecule has 0 aromatic heterocycles. The minimum absolute atomic E-state index is 0.537. The first-order chi connectivity index (χ1) is 22.2. The van der Waals surface area contributed by atoms with Crippen molar-refractivity contribution in [3.05, 3.63) is 131 Å². The monoisotopic (exact) mass is 740 g/mol.